The maximum absolute atomic E-state index is 13.0. The van der Waals surface area contributed by atoms with Gasteiger partial charge in [0.05, 0.1) is 16.5 Å². The summed E-state index contributed by atoms with van der Waals surface area (Å²) < 4.78 is 41.0. The number of aryl methyl sites for hydroxylation is 1. The van der Waals surface area contributed by atoms with Crippen molar-refractivity contribution in [3.8, 4) is 5.75 Å². The van der Waals surface area contributed by atoms with E-state index < -0.39 is 24.4 Å². The van der Waals surface area contributed by atoms with Crippen LogP contribution in [0.25, 0.3) is 21.8 Å². The number of phenols is 1. The van der Waals surface area contributed by atoms with Gasteiger partial charge in [0.2, 0.25) is 0 Å². The monoisotopic (exact) mass is 528 g/mol. The highest BCUT2D eigenvalue weighted by Crippen LogP contribution is 2.29. The normalized spacial score (nSPS) is 12.8. The van der Waals surface area contributed by atoms with Gasteiger partial charge in [0.1, 0.15) is 12.3 Å². The number of phenolic OH excluding ortho intramolecular Hbond substituents is 1. The van der Waals surface area contributed by atoms with Crippen molar-refractivity contribution in [2.75, 3.05) is 6.54 Å². The molecule has 0 fully saturated rings. The third kappa shape index (κ3) is 6.17. The molecule has 0 aliphatic heterocycles. The lowest BCUT2D eigenvalue weighted by atomic mass is 9.95. The minimum absolute atomic E-state index is 0.114. The summed E-state index contributed by atoms with van der Waals surface area (Å²) in [6.07, 6.45) is 2.80. The first-order valence-corrected chi connectivity index (χ1v) is 12.7. The Morgan fingerprint density at radius 1 is 1.05 bits per heavy atom. The smallest absolute Gasteiger partial charge is 0.405 e. The van der Waals surface area contributed by atoms with E-state index in [4.69, 9.17) is 0 Å². The van der Waals surface area contributed by atoms with Crippen LogP contribution in [0.5, 0.6) is 5.75 Å². The van der Waals surface area contributed by atoms with E-state index in [1.807, 2.05) is 42.1 Å². The lowest BCUT2D eigenvalue weighted by molar-refractivity contribution is -0.123. The molecule has 2 N–H and O–H groups in total. The van der Waals surface area contributed by atoms with Gasteiger partial charge in [-0.3, -0.25) is 14.3 Å². The molecule has 0 saturated carbocycles. The molecule has 38 heavy (non-hydrogen) atoms. The number of carbonyl (C=O) groups is 2. The third-order valence-electron chi connectivity index (χ3n) is 6.76. The Bertz CT molecular complexity index is 1460. The summed E-state index contributed by atoms with van der Waals surface area (Å²) in [5.74, 6) is -1.05. The fourth-order valence-electron chi connectivity index (χ4n) is 4.93. The number of benzene rings is 2. The van der Waals surface area contributed by atoms with Gasteiger partial charge < -0.3 is 15.0 Å². The van der Waals surface area contributed by atoms with Gasteiger partial charge in [0, 0.05) is 48.9 Å². The first kappa shape index (κ1) is 27.2. The second-order valence-electron chi connectivity index (χ2n) is 9.68. The highest BCUT2D eigenvalue weighted by atomic mass is 19.4. The van der Waals surface area contributed by atoms with Gasteiger partial charge in [-0.1, -0.05) is 31.5 Å². The average molecular weight is 529 g/mol. The van der Waals surface area contributed by atoms with Crippen molar-refractivity contribution in [2.24, 2.45) is 13.0 Å². The van der Waals surface area contributed by atoms with E-state index in [1.54, 1.807) is 16.2 Å². The van der Waals surface area contributed by atoms with Crippen molar-refractivity contribution in [1.82, 2.24) is 19.7 Å². The Balaban J connectivity index is 1.41. The van der Waals surface area contributed by atoms with Crippen LogP contribution in [0.1, 0.15) is 59.7 Å². The quantitative estimate of drug-likeness (QED) is 0.234. The molecule has 1 atom stereocenters. The highest BCUT2D eigenvalue weighted by Gasteiger charge is 2.28. The number of amides is 1. The van der Waals surface area contributed by atoms with Crippen LogP contribution in [-0.2, 0) is 13.6 Å². The molecule has 0 radical (unpaired) electrons. The van der Waals surface area contributed by atoms with Crippen LogP contribution in [0.4, 0.5) is 13.2 Å². The molecule has 10 heteroatoms. The van der Waals surface area contributed by atoms with Crippen LogP contribution >= 0.6 is 0 Å². The number of halogens is 3. The lowest BCUT2D eigenvalue weighted by Gasteiger charge is -2.16. The predicted octanol–water partition coefficient (Wildman–Crippen LogP) is 6.00. The van der Waals surface area contributed by atoms with Crippen LogP contribution < -0.4 is 5.32 Å². The van der Waals surface area contributed by atoms with E-state index in [1.165, 1.54) is 12.1 Å². The molecule has 2 aromatic heterocycles. The minimum Gasteiger partial charge on any atom is -0.506 e. The van der Waals surface area contributed by atoms with Crippen LogP contribution in [-0.4, -0.2) is 43.9 Å². The van der Waals surface area contributed by atoms with Crippen LogP contribution in [0.15, 0.2) is 48.8 Å². The van der Waals surface area contributed by atoms with Gasteiger partial charge >= 0.3 is 6.18 Å². The molecule has 0 spiro atoms. The maximum atomic E-state index is 13.0. The summed E-state index contributed by atoms with van der Waals surface area (Å²) in [4.78, 5) is 25.1. The lowest BCUT2D eigenvalue weighted by Crippen LogP contribution is -2.33. The van der Waals surface area contributed by atoms with Crippen molar-refractivity contribution in [2.45, 2.75) is 51.7 Å². The zero-order valence-electron chi connectivity index (χ0n) is 21.4. The second-order valence-corrected chi connectivity index (χ2v) is 9.68. The molecular formula is C28H31F3N4O3. The molecule has 7 nitrogen and oxygen atoms in total. The Kier molecular flexibility index (Phi) is 8.08. The molecule has 4 aromatic rings. The number of aromatic nitrogens is 3. The van der Waals surface area contributed by atoms with E-state index in [9.17, 15) is 27.9 Å². The van der Waals surface area contributed by atoms with Gasteiger partial charge in [-0.25, -0.2) is 0 Å². The maximum Gasteiger partial charge on any atom is 0.405 e. The number of aromatic hydroxyl groups is 1. The number of rotatable bonds is 11. The fraction of sp³-hybridized carbons (Fsp3) is 0.393. The topological polar surface area (TPSA) is 89.1 Å². The largest absolute Gasteiger partial charge is 0.506 e. The number of ketones is 1. The zero-order chi connectivity index (χ0) is 27.4. The summed E-state index contributed by atoms with van der Waals surface area (Å²) >= 11 is 0. The number of alkyl halides is 3. The second kappa shape index (κ2) is 11.3. The number of Topliss-reactive ketones (excluding diaryl/α,β-unsaturated/α-hetero) is 1. The van der Waals surface area contributed by atoms with Crippen LogP contribution in [0.3, 0.4) is 0 Å². The Labute approximate surface area is 218 Å². The van der Waals surface area contributed by atoms with E-state index in [-0.39, 0.29) is 17.3 Å². The number of hydrogen-bond acceptors (Lipinski definition) is 4. The number of hydrogen-bond donors (Lipinski definition) is 2. The minimum atomic E-state index is -4.55. The van der Waals surface area contributed by atoms with Gasteiger partial charge in [0.25, 0.3) is 5.91 Å². The number of carbonyl (C=O) groups excluding carboxylic acids is 2. The summed E-state index contributed by atoms with van der Waals surface area (Å²) in [6, 6.07) is 10.6. The van der Waals surface area contributed by atoms with Gasteiger partial charge in [0.15, 0.2) is 5.78 Å². The van der Waals surface area contributed by atoms with Gasteiger partial charge in [-0.05, 0) is 43.4 Å². The Morgan fingerprint density at radius 3 is 2.55 bits per heavy atom. The molecule has 2 heterocycles. The number of nitrogens with one attached hydrogen (secondary N) is 1. The van der Waals surface area contributed by atoms with E-state index >= 15 is 0 Å². The molecular weight excluding hydrogens is 497 g/mol. The standard InChI is InChI=1S/C28H31F3N4O3/c1-3-7-18(8-6-11-25(36)21-15-34(2)24-10-5-4-9-19(21)24)14-35-16-22-23(33-35)13-12-20(26(22)37)27(38)32-17-28(29,30)31/h4-5,9-10,12-13,15-16,18,37H,3,6-8,11,14,17H2,1-2H3,(H,32,38). The Hall–Kier alpha value is -3.82. The van der Waals surface area contributed by atoms with E-state index in [0.717, 1.165) is 42.1 Å². The number of para-hydroxylation sites is 1. The number of nitrogens with zero attached hydrogens (tertiary/aromatic N) is 3. The molecule has 4 rings (SSSR count). The third-order valence-corrected chi connectivity index (χ3v) is 6.76. The SMILES string of the molecule is CCCC(CCCC(=O)c1cn(C)c2ccccc12)Cn1cc2c(O)c(C(=O)NCC(F)(F)F)ccc2n1. The van der Waals surface area contributed by atoms with Crippen molar-refractivity contribution >= 4 is 33.5 Å². The van der Waals surface area contributed by atoms with Crippen molar-refractivity contribution < 1.29 is 27.9 Å². The predicted molar refractivity (Wildman–Crippen MR) is 139 cm³/mol. The first-order chi connectivity index (χ1) is 18.1. The molecule has 1 amide bonds. The average Bonchev–Trinajstić information content (AvgIpc) is 3.44. The van der Waals surface area contributed by atoms with Crippen LogP contribution in [0, 0.1) is 5.92 Å². The van der Waals surface area contributed by atoms with Crippen LogP contribution in [0.2, 0.25) is 0 Å². The molecule has 1 unspecified atom stereocenters. The zero-order valence-corrected chi connectivity index (χ0v) is 21.4. The van der Waals surface area contributed by atoms with Crippen molar-refractivity contribution in [3.63, 3.8) is 0 Å². The van der Waals surface area contributed by atoms with Crippen molar-refractivity contribution in [1.29, 1.82) is 0 Å². The Morgan fingerprint density at radius 2 is 1.82 bits per heavy atom. The molecule has 0 saturated heterocycles. The summed E-state index contributed by atoms with van der Waals surface area (Å²) in [7, 11) is 1.93. The fourth-order valence-corrected chi connectivity index (χ4v) is 4.93. The van der Waals surface area contributed by atoms with Crippen molar-refractivity contribution in [3.05, 3.63) is 59.9 Å². The molecule has 0 bridgehead atoms. The van der Waals surface area contributed by atoms with Gasteiger partial charge in [-0.2, -0.15) is 18.3 Å². The summed E-state index contributed by atoms with van der Waals surface area (Å²) in [5, 5.41) is 18.1. The van der Waals surface area contributed by atoms with Gasteiger partial charge in [-0.15, -0.1) is 0 Å². The summed E-state index contributed by atoms with van der Waals surface area (Å²) in [6.45, 7) is 1.16. The van der Waals surface area contributed by atoms with E-state index in [0.29, 0.717) is 23.9 Å². The highest BCUT2D eigenvalue weighted by molar-refractivity contribution is 6.08. The molecule has 0 aliphatic rings. The first-order valence-electron chi connectivity index (χ1n) is 12.7. The van der Waals surface area contributed by atoms with E-state index in [2.05, 4.69) is 12.0 Å². The molecule has 0 aliphatic carbocycles. The summed E-state index contributed by atoms with van der Waals surface area (Å²) in [5.41, 5.74) is 1.96. The molecule has 202 valence electrons. The number of fused-ring (bicyclic) bond motifs is 2. The molecule has 2 aromatic carbocycles.